The van der Waals surface area contributed by atoms with Gasteiger partial charge < -0.3 is 10.1 Å². The quantitative estimate of drug-likeness (QED) is 0.743. The second-order valence-corrected chi connectivity index (χ2v) is 5.11. The van der Waals surface area contributed by atoms with Crippen LogP contribution in [0.5, 0.6) is 0 Å². The van der Waals surface area contributed by atoms with E-state index >= 15 is 0 Å². The first-order valence-corrected chi connectivity index (χ1v) is 7.68. The van der Waals surface area contributed by atoms with Crippen LogP contribution in [0.3, 0.4) is 0 Å². The molecule has 0 heterocycles. The molecule has 1 N–H and O–H groups in total. The molecular formula is C15H21NO2S. The zero-order valence-corrected chi connectivity index (χ0v) is 12.3. The molecule has 1 aromatic rings. The Balaban J connectivity index is 2.32. The van der Waals surface area contributed by atoms with Crippen molar-refractivity contribution in [3.63, 3.8) is 0 Å². The second kappa shape index (κ2) is 9.64. The highest BCUT2D eigenvalue weighted by Crippen LogP contribution is 2.03. The van der Waals surface area contributed by atoms with Gasteiger partial charge in [-0.05, 0) is 30.1 Å². The fourth-order valence-electron chi connectivity index (χ4n) is 1.56. The molecule has 0 saturated carbocycles. The Hall–Kier alpha value is -1.26. The molecule has 0 aliphatic rings. The minimum absolute atomic E-state index is 0.0847. The molecule has 1 aromatic carbocycles. The Kier molecular flexibility index (Phi) is 8.02. The Morgan fingerprint density at radius 3 is 2.79 bits per heavy atom. The van der Waals surface area contributed by atoms with Crippen molar-refractivity contribution in [3.05, 3.63) is 42.0 Å². The molecule has 4 heteroatoms. The minimum Gasteiger partial charge on any atom is -0.380 e. The van der Waals surface area contributed by atoms with Gasteiger partial charge in [0.25, 0.3) is 0 Å². The summed E-state index contributed by atoms with van der Waals surface area (Å²) in [6.45, 7) is 0.551. The van der Waals surface area contributed by atoms with Crippen molar-refractivity contribution in [2.24, 2.45) is 0 Å². The summed E-state index contributed by atoms with van der Waals surface area (Å²) in [5.41, 5.74) is 1.02. The van der Waals surface area contributed by atoms with Crippen LogP contribution in [0.25, 0.3) is 6.08 Å². The molecule has 1 atom stereocenters. The van der Waals surface area contributed by atoms with Gasteiger partial charge in [0.2, 0.25) is 5.91 Å². The van der Waals surface area contributed by atoms with E-state index in [1.165, 1.54) is 0 Å². The Morgan fingerprint density at radius 2 is 2.16 bits per heavy atom. The Bertz CT molecular complexity index is 392. The number of carbonyl (C=O) groups excluding carboxylic acids is 1. The van der Waals surface area contributed by atoms with Crippen LogP contribution >= 0.6 is 11.8 Å². The van der Waals surface area contributed by atoms with Crippen LogP contribution < -0.4 is 5.32 Å². The standard InChI is InChI=1S/C15H21NO2S/c1-18-14(10-11-19-2)12-16-15(17)9-8-13-6-4-3-5-7-13/h3-9,14H,10-12H2,1-2H3,(H,16,17)/b9-8+. The van der Waals surface area contributed by atoms with Gasteiger partial charge in [0.1, 0.15) is 0 Å². The van der Waals surface area contributed by atoms with Crippen molar-refractivity contribution >= 4 is 23.7 Å². The molecule has 1 unspecified atom stereocenters. The number of hydrogen-bond donors (Lipinski definition) is 1. The van der Waals surface area contributed by atoms with E-state index in [0.29, 0.717) is 6.54 Å². The van der Waals surface area contributed by atoms with E-state index in [4.69, 9.17) is 4.74 Å². The molecule has 0 fully saturated rings. The molecule has 104 valence electrons. The summed E-state index contributed by atoms with van der Waals surface area (Å²) < 4.78 is 5.31. The lowest BCUT2D eigenvalue weighted by atomic mass is 10.2. The lowest BCUT2D eigenvalue weighted by Crippen LogP contribution is -2.32. The van der Waals surface area contributed by atoms with E-state index < -0.39 is 0 Å². The van der Waals surface area contributed by atoms with Crippen molar-refractivity contribution in [3.8, 4) is 0 Å². The third-order valence-electron chi connectivity index (χ3n) is 2.71. The van der Waals surface area contributed by atoms with Crippen LogP contribution in [0.2, 0.25) is 0 Å². The van der Waals surface area contributed by atoms with E-state index in [1.807, 2.05) is 30.3 Å². The molecule has 3 nitrogen and oxygen atoms in total. The van der Waals surface area contributed by atoms with E-state index in [9.17, 15) is 4.79 Å². The average molecular weight is 279 g/mol. The molecule has 0 aromatic heterocycles. The number of methoxy groups -OCH3 is 1. The van der Waals surface area contributed by atoms with Crippen molar-refractivity contribution in [1.29, 1.82) is 0 Å². The maximum atomic E-state index is 11.7. The third-order valence-corrected chi connectivity index (χ3v) is 3.35. The highest BCUT2D eigenvalue weighted by atomic mass is 32.2. The van der Waals surface area contributed by atoms with E-state index in [0.717, 1.165) is 17.7 Å². The van der Waals surface area contributed by atoms with Gasteiger partial charge in [-0.15, -0.1) is 0 Å². The molecule has 1 amide bonds. The smallest absolute Gasteiger partial charge is 0.244 e. The maximum Gasteiger partial charge on any atom is 0.244 e. The van der Waals surface area contributed by atoms with Gasteiger partial charge in [-0.1, -0.05) is 30.3 Å². The van der Waals surface area contributed by atoms with E-state index in [1.54, 1.807) is 31.0 Å². The molecule has 19 heavy (non-hydrogen) atoms. The summed E-state index contributed by atoms with van der Waals surface area (Å²) in [4.78, 5) is 11.7. The van der Waals surface area contributed by atoms with Gasteiger partial charge in [-0.2, -0.15) is 11.8 Å². The number of amides is 1. The highest BCUT2D eigenvalue weighted by Gasteiger charge is 2.07. The molecule has 0 spiro atoms. The van der Waals surface area contributed by atoms with Crippen LogP contribution in [0.4, 0.5) is 0 Å². The molecule has 0 bridgehead atoms. The van der Waals surface area contributed by atoms with Crippen molar-refractivity contribution in [1.82, 2.24) is 5.32 Å². The largest absolute Gasteiger partial charge is 0.380 e. The number of ether oxygens (including phenoxy) is 1. The van der Waals surface area contributed by atoms with E-state index in [-0.39, 0.29) is 12.0 Å². The molecule has 0 aliphatic carbocycles. The molecular weight excluding hydrogens is 258 g/mol. The fraction of sp³-hybridized carbons (Fsp3) is 0.400. The first-order chi connectivity index (χ1) is 9.26. The fourth-order valence-corrected chi connectivity index (χ4v) is 2.06. The van der Waals surface area contributed by atoms with Crippen LogP contribution in [0.1, 0.15) is 12.0 Å². The highest BCUT2D eigenvalue weighted by molar-refractivity contribution is 7.98. The lowest BCUT2D eigenvalue weighted by Gasteiger charge is -2.14. The van der Waals surface area contributed by atoms with Gasteiger partial charge >= 0.3 is 0 Å². The van der Waals surface area contributed by atoms with Crippen LogP contribution in [-0.2, 0) is 9.53 Å². The number of hydrogen-bond acceptors (Lipinski definition) is 3. The van der Waals surface area contributed by atoms with Crippen molar-refractivity contribution in [2.45, 2.75) is 12.5 Å². The molecule has 1 rings (SSSR count). The summed E-state index contributed by atoms with van der Waals surface area (Å²) in [5.74, 6) is 0.948. The summed E-state index contributed by atoms with van der Waals surface area (Å²) in [6, 6.07) is 9.76. The Morgan fingerprint density at radius 1 is 1.42 bits per heavy atom. The molecule has 0 aliphatic heterocycles. The average Bonchev–Trinajstić information content (AvgIpc) is 2.46. The number of thioether (sulfide) groups is 1. The summed E-state index contributed by atoms with van der Waals surface area (Å²) in [6.07, 6.45) is 6.45. The van der Waals surface area contributed by atoms with Crippen LogP contribution in [0.15, 0.2) is 36.4 Å². The molecule has 0 saturated heterocycles. The summed E-state index contributed by atoms with van der Waals surface area (Å²) >= 11 is 1.78. The summed E-state index contributed by atoms with van der Waals surface area (Å²) in [7, 11) is 1.68. The number of nitrogens with one attached hydrogen (secondary N) is 1. The number of benzene rings is 1. The zero-order valence-electron chi connectivity index (χ0n) is 11.5. The third kappa shape index (κ3) is 7.03. The lowest BCUT2D eigenvalue weighted by molar-refractivity contribution is -0.117. The Labute approximate surface area is 119 Å². The summed E-state index contributed by atoms with van der Waals surface area (Å²) in [5, 5.41) is 2.85. The normalized spacial score (nSPS) is 12.5. The second-order valence-electron chi connectivity index (χ2n) is 4.13. The van der Waals surface area contributed by atoms with Crippen LogP contribution in [-0.4, -0.2) is 37.7 Å². The first kappa shape index (κ1) is 15.8. The SMILES string of the molecule is COC(CCSC)CNC(=O)/C=C/c1ccccc1. The van der Waals surface area contributed by atoms with Gasteiger partial charge in [-0.3, -0.25) is 4.79 Å². The topological polar surface area (TPSA) is 38.3 Å². The van der Waals surface area contributed by atoms with Gasteiger partial charge in [0.15, 0.2) is 0 Å². The maximum absolute atomic E-state index is 11.7. The zero-order chi connectivity index (χ0) is 13.9. The predicted molar refractivity (Wildman–Crippen MR) is 82.3 cm³/mol. The molecule has 0 radical (unpaired) electrons. The van der Waals surface area contributed by atoms with Gasteiger partial charge in [0.05, 0.1) is 6.10 Å². The van der Waals surface area contributed by atoms with Gasteiger partial charge in [0, 0.05) is 19.7 Å². The van der Waals surface area contributed by atoms with Crippen molar-refractivity contribution in [2.75, 3.05) is 25.7 Å². The van der Waals surface area contributed by atoms with E-state index in [2.05, 4.69) is 11.6 Å². The predicted octanol–water partition coefficient (Wildman–Crippen LogP) is 2.58. The first-order valence-electron chi connectivity index (χ1n) is 6.29. The number of carbonyl (C=O) groups is 1. The minimum atomic E-state index is -0.0879. The van der Waals surface area contributed by atoms with Crippen molar-refractivity contribution < 1.29 is 9.53 Å². The monoisotopic (exact) mass is 279 g/mol. The van der Waals surface area contributed by atoms with Crippen LogP contribution in [0, 0.1) is 0 Å². The van der Waals surface area contributed by atoms with Gasteiger partial charge in [-0.25, -0.2) is 0 Å². The number of rotatable bonds is 8.